The molecule has 43 heavy (non-hydrogen) atoms. The summed E-state index contributed by atoms with van der Waals surface area (Å²) in [6, 6.07) is 12.8. The van der Waals surface area contributed by atoms with Crippen LogP contribution in [0.3, 0.4) is 0 Å². The Labute approximate surface area is 256 Å². The number of methoxy groups -OCH3 is 1. The summed E-state index contributed by atoms with van der Waals surface area (Å²) in [7, 11) is -2.81. The lowest BCUT2D eigenvalue weighted by Gasteiger charge is -2.28. The van der Waals surface area contributed by atoms with Gasteiger partial charge in [0.25, 0.3) is 16.0 Å². The average molecular weight is 654 g/mol. The molecule has 0 saturated carbocycles. The lowest BCUT2D eigenvalue weighted by atomic mass is 9.81. The van der Waals surface area contributed by atoms with Gasteiger partial charge in [0.2, 0.25) is 0 Å². The molecule has 0 atom stereocenters. The fourth-order valence-corrected chi connectivity index (χ4v) is 5.88. The molecule has 3 aromatic carbocycles. The number of aromatic nitrogens is 2. The van der Waals surface area contributed by atoms with E-state index < -0.39 is 51.2 Å². The number of halogens is 4. The third-order valence-electron chi connectivity index (χ3n) is 6.72. The Morgan fingerprint density at radius 1 is 1.09 bits per heavy atom. The van der Waals surface area contributed by atoms with Crippen LogP contribution in [0.5, 0.6) is 5.75 Å². The van der Waals surface area contributed by atoms with Crippen molar-refractivity contribution in [2.45, 2.75) is 30.2 Å². The first kappa shape index (κ1) is 32.4. The predicted molar refractivity (Wildman–Crippen MR) is 158 cm³/mol. The van der Waals surface area contributed by atoms with Gasteiger partial charge in [0.15, 0.2) is 5.16 Å². The van der Waals surface area contributed by atoms with Crippen molar-refractivity contribution in [3.05, 3.63) is 106 Å². The van der Waals surface area contributed by atoms with Gasteiger partial charge in [-0.05, 0) is 54.1 Å². The summed E-state index contributed by atoms with van der Waals surface area (Å²) < 4.78 is 81.5. The van der Waals surface area contributed by atoms with Crippen LogP contribution in [-0.4, -0.2) is 47.8 Å². The molecule has 0 bridgehead atoms. The van der Waals surface area contributed by atoms with Crippen LogP contribution in [-0.2, 0) is 21.3 Å². The van der Waals surface area contributed by atoms with Gasteiger partial charge in [-0.25, -0.2) is 18.2 Å². The van der Waals surface area contributed by atoms with Crippen molar-refractivity contribution in [1.82, 2.24) is 14.9 Å². The van der Waals surface area contributed by atoms with Gasteiger partial charge >= 0.3 is 0 Å². The SMILES string of the molecule is COc1cc(C(C)(C)c2cnc(SCc3c(F)cc(C(=O)NCCS(=O)(=O)O)cc3F)n2-c2ccc(F)cc2)ccc1Cl. The first-order valence-corrected chi connectivity index (χ1v) is 15.7. The minimum absolute atomic E-state index is 0.199. The molecule has 4 aromatic rings. The maximum Gasteiger partial charge on any atom is 0.266 e. The van der Waals surface area contributed by atoms with E-state index in [0.29, 0.717) is 27.3 Å². The molecular formula is C29H27ClF3N3O5S2. The van der Waals surface area contributed by atoms with Crippen molar-refractivity contribution >= 4 is 39.4 Å². The Morgan fingerprint density at radius 3 is 2.35 bits per heavy atom. The molecule has 0 saturated heterocycles. The van der Waals surface area contributed by atoms with Gasteiger partial charge in [-0.2, -0.15) is 8.42 Å². The predicted octanol–water partition coefficient (Wildman–Crippen LogP) is 6.19. The van der Waals surface area contributed by atoms with E-state index in [0.717, 1.165) is 29.5 Å². The molecule has 1 amide bonds. The van der Waals surface area contributed by atoms with Crippen molar-refractivity contribution in [2.75, 3.05) is 19.4 Å². The van der Waals surface area contributed by atoms with Crippen LogP contribution in [0.15, 0.2) is 66.0 Å². The number of amides is 1. The topological polar surface area (TPSA) is 111 Å². The standard InChI is InChI=1S/C29H27ClF3N3O5S2/c1-29(2,18-4-9-22(30)25(14-18)41-3)26-15-35-28(36(26)20-7-5-19(31)6-8-20)42-16-21-23(32)12-17(13-24(21)33)27(37)34-10-11-43(38,39)40/h4-9,12-15H,10-11,16H2,1-3H3,(H,34,37)(H,38,39,40). The van der Waals surface area contributed by atoms with Gasteiger partial charge in [0.1, 0.15) is 23.2 Å². The molecule has 0 aliphatic heterocycles. The van der Waals surface area contributed by atoms with Crippen LogP contribution in [0.2, 0.25) is 5.02 Å². The van der Waals surface area contributed by atoms with Crippen LogP contribution in [0.25, 0.3) is 5.69 Å². The third-order valence-corrected chi connectivity index (χ3v) is 8.73. The molecule has 0 radical (unpaired) electrons. The molecule has 8 nitrogen and oxygen atoms in total. The molecule has 4 rings (SSSR count). The van der Waals surface area contributed by atoms with E-state index in [-0.39, 0.29) is 16.9 Å². The van der Waals surface area contributed by atoms with Gasteiger partial charge in [0, 0.05) is 34.5 Å². The van der Waals surface area contributed by atoms with Crippen LogP contribution in [0.1, 0.15) is 41.0 Å². The summed E-state index contributed by atoms with van der Waals surface area (Å²) in [5.41, 5.74) is 0.771. The van der Waals surface area contributed by atoms with E-state index >= 15 is 8.78 Å². The molecule has 1 heterocycles. The lowest BCUT2D eigenvalue weighted by Crippen LogP contribution is -2.29. The molecule has 0 spiro atoms. The quantitative estimate of drug-likeness (QED) is 0.147. The fourth-order valence-electron chi connectivity index (χ4n) is 4.32. The minimum Gasteiger partial charge on any atom is -0.495 e. The number of carbonyl (C=O) groups excluding carboxylic acids is 1. The molecule has 0 aliphatic carbocycles. The zero-order chi connectivity index (χ0) is 31.5. The minimum atomic E-state index is -4.32. The zero-order valence-corrected chi connectivity index (χ0v) is 25.6. The maximum absolute atomic E-state index is 15.0. The number of hydrogen-bond donors (Lipinski definition) is 2. The summed E-state index contributed by atoms with van der Waals surface area (Å²) in [6.45, 7) is 3.48. The highest BCUT2D eigenvalue weighted by Gasteiger charge is 2.30. The number of carbonyl (C=O) groups is 1. The highest BCUT2D eigenvalue weighted by Crippen LogP contribution is 2.39. The smallest absolute Gasteiger partial charge is 0.266 e. The molecule has 14 heteroatoms. The molecule has 2 N–H and O–H groups in total. The number of hydrogen-bond acceptors (Lipinski definition) is 6. The summed E-state index contributed by atoms with van der Waals surface area (Å²) in [6.07, 6.45) is 1.64. The van der Waals surface area contributed by atoms with E-state index in [4.69, 9.17) is 20.9 Å². The molecular weight excluding hydrogens is 627 g/mol. The van der Waals surface area contributed by atoms with E-state index in [2.05, 4.69) is 10.3 Å². The maximum atomic E-state index is 15.0. The summed E-state index contributed by atoms with van der Waals surface area (Å²) >= 11 is 7.27. The Morgan fingerprint density at radius 2 is 1.74 bits per heavy atom. The zero-order valence-electron chi connectivity index (χ0n) is 23.2. The Balaban J connectivity index is 1.65. The first-order chi connectivity index (χ1) is 20.2. The highest BCUT2D eigenvalue weighted by molar-refractivity contribution is 7.98. The number of nitrogens with one attached hydrogen (secondary N) is 1. The fraction of sp³-hybridized carbons (Fsp3) is 0.241. The van der Waals surface area contributed by atoms with Gasteiger partial charge < -0.3 is 10.1 Å². The van der Waals surface area contributed by atoms with Crippen molar-refractivity contribution < 1.29 is 35.7 Å². The Bertz CT molecular complexity index is 1740. The van der Waals surface area contributed by atoms with E-state index in [1.165, 1.54) is 19.2 Å². The van der Waals surface area contributed by atoms with Crippen molar-refractivity contribution in [3.63, 3.8) is 0 Å². The number of nitrogens with zero attached hydrogens (tertiary/aromatic N) is 2. The number of thioether (sulfide) groups is 1. The van der Waals surface area contributed by atoms with Crippen LogP contribution in [0, 0.1) is 17.5 Å². The average Bonchev–Trinajstić information content (AvgIpc) is 3.37. The van der Waals surface area contributed by atoms with E-state index in [1.54, 1.807) is 29.0 Å². The molecule has 0 aliphatic rings. The second-order valence-corrected chi connectivity index (χ2v) is 12.9. The number of rotatable bonds is 11. The van der Waals surface area contributed by atoms with Crippen molar-refractivity contribution in [2.24, 2.45) is 0 Å². The second-order valence-electron chi connectivity index (χ2n) is 9.96. The van der Waals surface area contributed by atoms with E-state index in [9.17, 15) is 17.6 Å². The second kappa shape index (κ2) is 13.0. The third kappa shape index (κ3) is 7.53. The molecule has 228 valence electrons. The number of benzene rings is 3. The first-order valence-electron chi connectivity index (χ1n) is 12.7. The van der Waals surface area contributed by atoms with Gasteiger partial charge in [-0.1, -0.05) is 43.3 Å². The van der Waals surface area contributed by atoms with Gasteiger partial charge in [-0.15, -0.1) is 0 Å². The van der Waals surface area contributed by atoms with Crippen molar-refractivity contribution in [1.29, 1.82) is 0 Å². The molecule has 1 aromatic heterocycles. The lowest BCUT2D eigenvalue weighted by molar-refractivity contribution is 0.0955. The number of ether oxygens (including phenoxy) is 1. The Kier molecular flexibility index (Phi) is 9.79. The number of imidazole rings is 1. The monoisotopic (exact) mass is 653 g/mol. The highest BCUT2D eigenvalue weighted by atomic mass is 35.5. The largest absolute Gasteiger partial charge is 0.495 e. The van der Waals surface area contributed by atoms with Crippen LogP contribution in [0.4, 0.5) is 13.2 Å². The summed E-state index contributed by atoms with van der Waals surface area (Å²) in [5.74, 6) is -3.78. The molecule has 0 unspecified atom stereocenters. The molecule has 0 fully saturated rings. The van der Waals surface area contributed by atoms with Gasteiger partial charge in [-0.3, -0.25) is 13.9 Å². The van der Waals surface area contributed by atoms with Crippen LogP contribution >= 0.6 is 23.4 Å². The normalized spacial score (nSPS) is 11.9. The summed E-state index contributed by atoms with van der Waals surface area (Å²) in [4.78, 5) is 16.8. The Hall–Kier alpha value is -3.52. The van der Waals surface area contributed by atoms with Crippen LogP contribution < -0.4 is 10.1 Å². The van der Waals surface area contributed by atoms with Crippen molar-refractivity contribution in [3.8, 4) is 11.4 Å². The van der Waals surface area contributed by atoms with E-state index in [1.807, 2.05) is 26.0 Å². The summed E-state index contributed by atoms with van der Waals surface area (Å²) in [5, 5.41) is 3.00. The van der Waals surface area contributed by atoms with Gasteiger partial charge in [0.05, 0.1) is 29.8 Å².